The lowest BCUT2D eigenvalue weighted by atomic mass is 10.0. The van der Waals surface area contributed by atoms with Gasteiger partial charge in [0.05, 0.1) is 11.3 Å². The van der Waals surface area contributed by atoms with Crippen molar-refractivity contribution in [1.82, 2.24) is 20.0 Å². The van der Waals surface area contributed by atoms with Gasteiger partial charge in [0.25, 0.3) is 5.91 Å². The van der Waals surface area contributed by atoms with E-state index >= 15 is 0 Å². The number of aromatic nitrogens is 2. The number of nitrogens with one attached hydrogen (secondary N) is 1. The summed E-state index contributed by atoms with van der Waals surface area (Å²) in [7, 11) is 0. The molecule has 0 saturated carbocycles. The van der Waals surface area contributed by atoms with Gasteiger partial charge in [-0.2, -0.15) is 5.10 Å². The van der Waals surface area contributed by atoms with Crippen LogP contribution in [0.5, 0.6) is 0 Å². The molecule has 0 atom stereocenters. The number of benzene rings is 2. The van der Waals surface area contributed by atoms with E-state index < -0.39 is 0 Å². The topological polar surface area (TPSA) is 50.2 Å². The zero-order chi connectivity index (χ0) is 20.8. The first-order valence-corrected chi connectivity index (χ1v) is 10.2. The SMILES string of the molecule is CCN(CCNC(=O)c1cn(-c2ccccc2)nc1-c1ccccc1C)C(C)C. The van der Waals surface area contributed by atoms with Crippen LogP contribution in [0.1, 0.15) is 36.7 Å². The Morgan fingerprint density at radius 3 is 2.45 bits per heavy atom. The first-order valence-electron chi connectivity index (χ1n) is 10.2. The largest absolute Gasteiger partial charge is 0.351 e. The molecule has 1 N–H and O–H groups in total. The third-order valence-corrected chi connectivity index (χ3v) is 5.20. The fraction of sp³-hybridized carbons (Fsp3) is 0.333. The van der Waals surface area contributed by atoms with E-state index in [2.05, 4.69) is 31.0 Å². The second-order valence-corrected chi connectivity index (χ2v) is 7.46. The molecule has 5 nitrogen and oxygen atoms in total. The molecular weight excluding hydrogens is 360 g/mol. The maximum absolute atomic E-state index is 13.1. The van der Waals surface area contributed by atoms with Crippen LogP contribution in [-0.2, 0) is 0 Å². The van der Waals surface area contributed by atoms with Crippen molar-refractivity contribution < 1.29 is 4.79 Å². The van der Waals surface area contributed by atoms with Gasteiger partial charge in [-0.3, -0.25) is 9.69 Å². The molecule has 0 radical (unpaired) electrons. The van der Waals surface area contributed by atoms with Gasteiger partial charge in [-0.25, -0.2) is 4.68 Å². The molecule has 1 aromatic heterocycles. The number of para-hydroxylation sites is 1. The lowest BCUT2D eigenvalue weighted by molar-refractivity contribution is 0.0946. The molecule has 5 heteroatoms. The number of likely N-dealkylation sites (N-methyl/N-ethyl adjacent to an activating group) is 1. The minimum absolute atomic E-state index is 0.0924. The number of hydrogen-bond acceptors (Lipinski definition) is 3. The molecule has 0 aliphatic heterocycles. The third-order valence-electron chi connectivity index (χ3n) is 5.20. The lowest BCUT2D eigenvalue weighted by Gasteiger charge is -2.24. The van der Waals surface area contributed by atoms with Crippen molar-refractivity contribution in [1.29, 1.82) is 0 Å². The Labute approximate surface area is 173 Å². The monoisotopic (exact) mass is 390 g/mol. The highest BCUT2D eigenvalue weighted by atomic mass is 16.1. The van der Waals surface area contributed by atoms with Gasteiger partial charge in [0, 0.05) is 30.9 Å². The Bertz CT molecular complexity index is 947. The van der Waals surface area contributed by atoms with Gasteiger partial charge in [0.1, 0.15) is 5.69 Å². The molecule has 0 saturated heterocycles. The molecule has 1 amide bonds. The fourth-order valence-corrected chi connectivity index (χ4v) is 3.48. The van der Waals surface area contributed by atoms with Gasteiger partial charge in [-0.1, -0.05) is 49.4 Å². The van der Waals surface area contributed by atoms with E-state index in [1.807, 2.05) is 67.7 Å². The predicted molar refractivity (Wildman–Crippen MR) is 118 cm³/mol. The second-order valence-electron chi connectivity index (χ2n) is 7.46. The summed E-state index contributed by atoms with van der Waals surface area (Å²) in [5, 5.41) is 7.84. The predicted octanol–water partition coefficient (Wildman–Crippen LogP) is 4.31. The number of carbonyl (C=O) groups is 1. The maximum Gasteiger partial charge on any atom is 0.255 e. The Hall–Kier alpha value is -2.92. The summed E-state index contributed by atoms with van der Waals surface area (Å²) < 4.78 is 1.78. The van der Waals surface area contributed by atoms with Gasteiger partial charge in [-0.15, -0.1) is 0 Å². The van der Waals surface area contributed by atoms with Crippen molar-refractivity contribution >= 4 is 5.91 Å². The van der Waals surface area contributed by atoms with Crippen molar-refractivity contribution in [3.63, 3.8) is 0 Å². The number of rotatable bonds is 8. The van der Waals surface area contributed by atoms with Crippen LogP contribution in [-0.4, -0.2) is 46.3 Å². The van der Waals surface area contributed by atoms with Crippen LogP contribution < -0.4 is 5.32 Å². The van der Waals surface area contributed by atoms with Crippen LogP contribution >= 0.6 is 0 Å². The molecule has 152 valence electrons. The van der Waals surface area contributed by atoms with Gasteiger partial charge >= 0.3 is 0 Å². The van der Waals surface area contributed by atoms with E-state index in [0.717, 1.165) is 29.9 Å². The number of aryl methyl sites for hydroxylation is 1. The summed E-state index contributed by atoms with van der Waals surface area (Å²) in [6.07, 6.45) is 1.83. The average Bonchev–Trinajstić information content (AvgIpc) is 3.17. The van der Waals surface area contributed by atoms with E-state index in [-0.39, 0.29) is 5.91 Å². The van der Waals surface area contributed by atoms with E-state index in [4.69, 9.17) is 5.10 Å². The van der Waals surface area contributed by atoms with Crippen molar-refractivity contribution in [2.45, 2.75) is 33.7 Å². The van der Waals surface area contributed by atoms with Gasteiger partial charge in [-0.05, 0) is 45.0 Å². The van der Waals surface area contributed by atoms with Crippen molar-refractivity contribution in [3.8, 4) is 16.9 Å². The van der Waals surface area contributed by atoms with Gasteiger partial charge in [0.2, 0.25) is 0 Å². The van der Waals surface area contributed by atoms with Crippen LogP contribution in [0.3, 0.4) is 0 Å². The molecule has 3 rings (SSSR count). The molecule has 0 aliphatic rings. The van der Waals surface area contributed by atoms with Crippen LogP contribution in [0.25, 0.3) is 16.9 Å². The van der Waals surface area contributed by atoms with E-state index in [0.29, 0.717) is 23.8 Å². The Balaban J connectivity index is 1.89. The molecule has 0 aliphatic carbocycles. The molecule has 1 heterocycles. The standard InChI is InChI=1S/C24H30N4O/c1-5-27(18(2)3)16-15-25-24(29)22-17-28(20-12-7-6-8-13-20)26-23(22)21-14-10-9-11-19(21)4/h6-14,17-18H,5,15-16H2,1-4H3,(H,25,29). The minimum atomic E-state index is -0.0924. The first-order chi connectivity index (χ1) is 14.0. The van der Waals surface area contributed by atoms with Gasteiger partial charge < -0.3 is 5.32 Å². The Kier molecular flexibility index (Phi) is 6.83. The molecule has 0 unspecified atom stereocenters. The zero-order valence-corrected chi connectivity index (χ0v) is 17.7. The summed E-state index contributed by atoms with van der Waals surface area (Å²) in [5.41, 5.74) is 4.30. The molecule has 0 fully saturated rings. The molecule has 0 spiro atoms. The summed E-state index contributed by atoms with van der Waals surface area (Å²) >= 11 is 0. The minimum Gasteiger partial charge on any atom is -0.351 e. The molecule has 2 aromatic carbocycles. The quantitative estimate of drug-likeness (QED) is 0.624. The fourth-order valence-electron chi connectivity index (χ4n) is 3.48. The van der Waals surface area contributed by atoms with Crippen LogP contribution in [0.2, 0.25) is 0 Å². The summed E-state index contributed by atoms with van der Waals surface area (Å²) in [5.74, 6) is -0.0924. The van der Waals surface area contributed by atoms with Crippen molar-refractivity contribution in [2.24, 2.45) is 0 Å². The second kappa shape index (κ2) is 9.52. The average molecular weight is 391 g/mol. The molecular formula is C24H30N4O. The summed E-state index contributed by atoms with van der Waals surface area (Å²) in [4.78, 5) is 15.4. The van der Waals surface area contributed by atoms with E-state index in [1.165, 1.54) is 0 Å². The normalized spacial score (nSPS) is 11.2. The molecule has 29 heavy (non-hydrogen) atoms. The van der Waals surface area contributed by atoms with Crippen LogP contribution in [0.4, 0.5) is 0 Å². The summed E-state index contributed by atoms with van der Waals surface area (Å²) in [6, 6.07) is 18.4. The van der Waals surface area contributed by atoms with E-state index in [1.54, 1.807) is 4.68 Å². The Morgan fingerprint density at radius 1 is 1.10 bits per heavy atom. The highest BCUT2D eigenvalue weighted by molar-refractivity contribution is 6.00. The maximum atomic E-state index is 13.1. The van der Waals surface area contributed by atoms with E-state index in [9.17, 15) is 4.79 Å². The Morgan fingerprint density at radius 2 is 1.79 bits per heavy atom. The molecule has 3 aromatic rings. The number of nitrogens with zero attached hydrogens (tertiary/aromatic N) is 3. The number of hydrogen-bond donors (Lipinski definition) is 1. The smallest absolute Gasteiger partial charge is 0.255 e. The lowest BCUT2D eigenvalue weighted by Crippen LogP contribution is -2.38. The number of carbonyl (C=O) groups excluding carboxylic acids is 1. The van der Waals surface area contributed by atoms with Crippen LogP contribution in [0, 0.1) is 6.92 Å². The van der Waals surface area contributed by atoms with Crippen molar-refractivity contribution in [2.75, 3.05) is 19.6 Å². The van der Waals surface area contributed by atoms with Crippen LogP contribution in [0.15, 0.2) is 60.8 Å². The highest BCUT2D eigenvalue weighted by Crippen LogP contribution is 2.26. The first kappa shape index (κ1) is 20.8. The zero-order valence-electron chi connectivity index (χ0n) is 17.7. The van der Waals surface area contributed by atoms with Gasteiger partial charge in [0.15, 0.2) is 0 Å². The molecule has 0 bridgehead atoms. The number of amides is 1. The highest BCUT2D eigenvalue weighted by Gasteiger charge is 2.20. The third kappa shape index (κ3) is 4.93. The summed E-state index contributed by atoms with van der Waals surface area (Å²) in [6.45, 7) is 10.9. The van der Waals surface area contributed by atoms with Crippen molar-refractivity contribution in [3.05, 3.63) is 71.9 Å².